The van der Waals surface area contributed by atoms with Crippen LogP contribution in [0.4, 0.5) is 0 Å². The molecule has 2 atom stereocenters. The molecule has 0 aromatic rings. The van der Waals surface area contributed by atoms with E-state index in [4.69, 9.17) is 5.73 Å². The van der Waals surface area contributed by atoms with Crippen LogP contribution in [0, 0.1) is 0 Å². The number of hydrogen-bond donors (Lipinski definition) is 2. The highest BCUT2D eigenvalue weighted by molar-refractivity contribution is 5.81. The van der Waals surface area contributed by atoms with Gasteiger partial charge in [0.05, 0.1) is 6.04 Å². The Morgan fingerprint density at radius 1 is 1.64 bits per heavy atom. The van der Waals surface area contributed by atoms with Crippen LogP contribution in [0.15, 0.2) is 0 Å². The summed E-state index contributed by atoms with van der Waals surface area (Å²) in [7, 11) is 1.70. The van der Waals surface area contributed by atoms with Crippen molar-refractivity contribution >= 4 is 5.91 Å². The van der Waals surface area contributed by atoms with Crippen LogP contribution in [0.5, 0.6) is 0 Å². The van der Waals surface area contributed by atoms with Gasteiger partial charge in [0.15, 0.2) is 0 Å². The molecule has 1 aliphatic heterocycles. The molecule has 2 unspecified atom stereocenters. The van der Waals surface area contributed by atoms with Crippen LogP contribution in [0.2, 0.25) is 0 Å². The Bertz CT molecular complexity index is 194. The average molecular weight is 199 g/mol. The number of carbonyl (C=O) groups excluding carboxylic acids is 1. The SMILES string of the molecule is CNC(=O)C1CCCCN1CC(C)N. The minimum atomic E-state index is 0.0414. The maximum atomic E-state index is 11.6. The van der Waals surface area contributed by atoms with Crippen LogP contribution in [0.3, 0.4) is 0 Å². The van der Waals surface area contributed by atoms with Gasteiger partial charge < -0.3 is 11.1 Å². The minimum Gasteiger partial charge on any atom is -0.358 e. The molecule has 0 aromatic carbocycles. The number of carbonyl (C=O) groups is 1. The average Bonchev–Trinajstić information content (AvgIpc) is 2.16. The Kier molecular flexibility index (Phi) is 4.35. The second-order valence-corrected chi connectivity index (χ2v) is 4.10. The van der Waals surface area contributed by atoms with Gasteiger partial charge in [0.25, 0.3) is 0 Å². The van der Waals surface area contributed by atoms with Gasteiger partial charge in [-0.1, -0.05) is 6.42 Å². The van der Waals surface area contributed by atoms with Gasteiger partial charge in [-0.15, -0.1) is 0 Å². The quantitative estimate of drug-likeness (QED) is 0.669. The number of amides is 1. The molecule has 0 radical (unpaired) electrons. The van der Waals surface area contributed by atoms with Gasteiger partial charge >= 0.3 is 0 Å². The highest BCUT2D eigenvalue weighted by atomic mass is 16.2. The topological polar surface area (TPSA) is 58.4 Å². The van der Waals surface area contributed by atoms with E-state index < -0.39 is 0 Å². The van der Waals surface area contributed by atoms with Crippen LogP contribution in [0.1, 0.15) is 26.2 Å². The fourth-order valence-electron chi connectivity index (χ4n) is 2.04. The van der Waals surface area contributed by atoms with Gasteiger partial charge in [-0.2, -0.15) is 0 Å². The summed E-state index contributed by atoms with van der Waals surface area (Å²) < 4.78 is 0. The predicted molar refractivity (Wildman–Crippen MR) is 56.9 cm³/mol. The lowest BCUT2D eigenvalue weighted by molar-refractivity contribution is -0.127. The largest absolute Gasteiger partial charge is 0.358 e. The summed E-state index contributed by atoms with van der Waals surface area (Å²) in [6.07, 6.45) is 3.29. The highest BCUT2D eigenvalue weighted by Gasteiger charge is 2.27. The molecule has 1 heterocycles. The zero-order valence-corrected chi connectivity index (χ0v) is 9.12. The lowest BCUT2D eigenvalue weighted by Gasteiger charge is -2.35. The van der Waals surface area contributed by atoms with Crippen molar-refractivity contribution in [2.24, 2.45) is 5.73 Å². The lowest BCUT2D eigenvalue weighted by atomic mass is 10.0. The number of nitrogens with one attached hydrogen (secondary N) is 1. The normalized spacial score (nSPS) is 25.8. The maximum absolute atomic E-state index is 11.6. The van der Waals surface area contributed by atoms with E-state index in [-0.39, 0.29) is 18.0 Å². The smallest absolute Gasteiger partial charge is 0.237 e. The van der Waals surface area contributed by atoms with Crippen molar-refractivity contribution in [1.82, 2.24) is 10.2 Å². The number of likely N-dealkylation sites (tertiary alicyclic amines) is 1. The van der Waals surface area contributed by atoms with Crippen LogP contribution in [0.25, 0.3) is 0 Å². The Hall–Kier alpha value is -0.610. The maximum Gasteiger partial charge on any atom is 0.237 e. The van der Waals surface area contributed by atoms with Crippen molar-refractivity contribution < 1.29 is 4.79 Å². The van der Waals surface area contributed by atoms with E-state index in [0.717, 1.165) is 25.9 Å². The monoisotopic (exact) mass is 199 g/mol. The summed E-state index contributed by atoms with van der Waals surface area (Å²) in [6.45, 7) is 3.80. The first-order valence-electron chi connectivity index (χ1n) is 5.36. The third kappa shape index (κ3) is 2.96. The third-order valence-electron chi connectivity index (χ3n) is 2.69. The van der Waals surface area contributed by atoms with Gasteiger partial charge in [-0.25, -0.2) is 0 Å². The summed E-state index contributed by atoms with van der Waals surface area (Å²) in [4.78, 5) is 13.8. The molecule has 4 nitrogen and oxygen atoms in total. The number of likely N-dealkylation sites (N-methyl/N-ethyl adjacent to an activating group) is 1. The molecule has 1 amide bonds. The zero-order chi connectivity index (χ0) is 10.6. The van der Waals surface area contributed by atoms with Crippen molar-refractivity contribution in [3.63, 3.8) is 0 Å². The Labute approximate surface area is 85.8 Å². The first kappa shape index (κ1) is 11.5. The standard InChI is InChI=1S/C10H21N3O/c1-8(11)7-13-6-4-3-5-9(13)10(14)12-2/h8-9H,3-7,11H2,1-2H3,(H,12,14). The molecule has 1 aliphatic rings. The molecule has 0 aliphatic carbocycles. The van der Waals surface area contributed by atoms with Gasteiger partial charge in [0.2, 0.25) is 5.91 Å². The molecule has 1 saturated heterocycles. The van der Waals surface area contributed by atoms with Crippen molar-refractivity contribution in [3.05, 3.63) is 0 Å². The van der Waals surface area contributed by atoms with Gasteiger partial charge in [0.1, 0.15) is 0 Å². The van der Waals surface area contributed by atoms with E-state index in [9.17, 15) is 4.79 Å². The minimum absolute atomic E-state index is 0.0414. The predicted octanol–water partition coefficient (Wildman–Crippen LogP) is -0.0659. The molecule has 1 fully saturated rings. The molecule has 0 bridgehead atoms. The Morgan fingerprint density at radius 2 is 2.36 bits per heavy atom. The van der Waals surface area contributed by atoms with E-state index >= 15 is 0 Å². The molecule has 82 valence electrons. The van der Waals surface area contributed by atoms with Crippen molar-refractivity contribution in [1.29, 1.82) is 0 Å². The first-order chi connectivity index (χ1) is 6.65. The zero-order valence-electron chi connectivity index (χ0n) is 9.12. The summed E-state index contributed by atoms with van der Waals surface area (Å²) in [5.41, 5.74) is 5.75. The van der Waals surface area contributed by atoms with E-state index in [1.54, 1.807) is 7.05 Å². The van der Waals surface area contributed by atoms with E-state index in [0.29, 0.717) is 0 Å². The molecule has 0 saturated carbocycles. The fraction of sp³-hybridized carbons (Fsp3) is 0.900. The van der Waals surface area contributed by atoms with E-state index in [2.05, 4.69) is 10.2 Å². The van der Waals surface area contributed by atoms with E-state index in [1.165, 1.54) is 6.42 Å². The second-order valence-electron chi connectivity index (χ2n) is 4.10. The van der Waals surface area contributed by atoms with Crippen LogP contribution in [-0.2, 0) is 4.79 Å². The highest BCUT2D eigenvalue weighted by Crippen LogP contribution is 2.16. The molecular formula is C10H21N3O. The van der Waals surface area contributed by atoms with Gasteiger partial charge in [-0.3, -0.25) is 9.69 Å². The van der Waals surface area contributed by atoms with E-state index in [1.807, 2.05) is 6.92 Å². The lowest BCUT2D eigenvalue weighted by Crippen LogP contribution is -2.51. The number of piperidine rings is 1. The van der Waals surface area contributed by atoms with Crippen molar-refractivity contribution in [3.8, 4) is 0 Å². The van der Waals surface area contributed by atoms with Gasteiger partial charge in [-0.05, 0) is 26.3 Å². The van der Waals surface area contributed by atoms with Crippen molar-refractivity contribution in [2.45, 2.75) is 38.3 Å². The first-order valence-corrected chi connectivity index (χ1v) is 5.36. The Morgan fingerprint density at radius 3 is 2.93 bits per heavy atom. The third-order valence-corrected chi connectivity index (χ3v) is 2.69. The fourth-order valence-corrected chi connectivity index (χ4v) is 2.04. The summed E-state index contributed by atoms with van der Waals surface area (Å²) in [6, 6.07) is 0.181. The second kappa shape index (κ2) is 5.32. The van der Waals surface area contributed by atoms with Crippen molar-refractivity contribution in [2.75, 3.05) is 20.1 Å². The van der Waals surface area contributed by atoms with Crippen LogP contribution >= 0.6 is 0 Å². The summed E-state index contributed by atoms with van der Waals surface area (Å²) >= 11 is 0. The summed E-state index contributed by atoms with van der Waals surface area (Å²) in [5, 5.41) is 2.72. The van der Waals surface area contributed by atoms with Crippen LogP contribution in [-0.4, -0.2) is 43.0 Å². The molecule has 3 N–H and O–H groups in total. The Balaban J connectivity index is 2.54. The molecule has 0 spiro atoms. The van der Waals surface area contributed by atoms with Gasteiger partial charge in [0, 0.05) is 19.6 Å². The number of nitrogens with zero attached hydrogens (tertiary/aromatic N) is 1. The number of rotatable bonds is 3. The molecule has 0 aromatic heterocycles. The molecule has 1 rings (SSSR count). The number of hydrogen-bond acceptors (Lipinski definition) is 3. The molecule has 14 heavy (non-hydrogen) atoms. The molecule has 4 heteroatoms. The van der Waals surface area contributed by atoms with Crippen LogP contribution < -0.4 is 11.1 Å². The molecular weight excluding hydrogens is 178 g/mol. The summed E-state index contributed by atoms with van der Waals surface area (Å²) in [5.74, 6) is 0.130. The number of nitrogens with two attached hydrogens (primary N) is 1.